The Kier molecular flexibility index (Phi) is 5.03. The summed E-state index contributed by atoms with van der Waals surface area (Å²) >= 11 is 0. The van der Waals surface area contributed by atoms with Crippen molar-refractivity contribution in [2.45, 2.75) is 44.2 Å². The first kappa shape index (κ1) is 21.0. The van der Waals surface area contributed by atoms with E-state index in [1.165, 1.54) is 16.4 Å². The summed E-state index contributed by atoms with van der Waals surface area (Å²) in [5.41, 5.74) is 0.970. The number of amides is 2. The van der Waals surface area contributed by atoms with Crippen LogP contribution in [0.5, 0.6) is 0 Å². The topological polar surface area (TPSA) is 111 Å². The molecule has 1 aliphatic heterocycles. The summed E-state index contributed by atoms with van der Waals surface area (Å²) in [5.74, 6) is -2.13. The number of oxazole rings is 1. The van der Waals surface area contributed by atoms with E-state index in [1.807, 2.05) is 0 Å². The Morgan fingerprint density at radius 2 is 1.79 bits per heavy atom. The average molecular weight is 449 g/mol. The van der Waals surface area contributed by atoms with E-state index in [2.05, 4.69) is 5.32 Å². The number of fused-ring (bicyclic) bond motifs is 2. The standard InChI is InChI=1S/C24H23N3O6/c1-15(26-18-10-4-5-11-19(18)33-23(26)31)21(29)32-14-20(28)27-17-9-3-2-8-16(17)25-22(30)24(27)12-6-7-13-24/h2-5,8-11,15H,6-7,12-14H2,1H3,(H,25,30). The minimum atomic E-state index is -0.994. The Hall–Kier alpha value is -3.88. The Balaban J connectivity index is 1.39. The first-order chi connectivity index (χ1) is 15.9. The summed E-state index contributed by atoms with van der Waals surface area (Å²) in [6.07, 6.45) is 2.73. The van der Waals surface area contributed by atoms with Gasteiger partial charge in [-0.15, -0.1) is 0 Å². The highest BCUT2D eigenvalue weighted by Crippen LogP contribution is 2.45. The molecule has 2 heterocycles. The molecule has 3 aromatic rings. The Morgan fingerprint density at radius 3 is 2.58 bits per heavy atom. The molecule has 1 fully saturated rings. The van der Waals surface area contributed by atoms with Gasteiger partial charge in [0.15, 0.2) is 12.2 Å². The maximum Gasteiger partial charge on any atom is 0.420 e. The number of carbonyl (C=O) groups is 3. The van der Waals surface area contributed by atoms with Crippen LogP contribution in [0.4, 0.5) is 11.4 Å². The van der Waals surface area contributed by atoms with Crippen LogP contribution in [-0.2, 0) is 19.1 Å². The summed E-state index contributed by atoms with van der Waals surface area (Å²) < 4.78 is 11.7. The van der Waals surface area contributed by atoms with Gasteiger partial charge in [0.1, 0.15) is 11.6 Å². The smallest absolute Gasteiger partial charge is 0.420 e. The van der Waals surface area contributed by atoms with Crippen LogP contribution in [0, 0.1) is 0 Å². The van der Waals surface area contributed by atoms with Gasteiger partial charge < -0.3 is 14.5 Å². The van der Waals surface area contributed by atoms with E-state index in [0.29, 0.717) is 35.3 Å². The minimum absolute atomic E-state index is 0.219. The number of anilines is 2. The normalized spacial score (nSPS) is 17.6. The van der Waals surface area contributed by atoms with Gasteiger partial charge in [-0.25, -0.2) is 9.59 Å². The van der Waals surface area contributed by atoms with Crippen molar-refractivity contribution in [3.8, 4) is 0 Å². The molecule has 0 bridgehead atoms. The van der Waals surface area contributed by atoms with E-state index < -0.39 is 35.8 Å². The number of esters is 1. The van der Waals surface area contributed by atoms with Crippen LogP contribution in [0.1, 0.15) is 38.6 Å². The molecular weight excluding hydrogens is 426 g/mol. The molecule has 9 heteroatoms. The Labute approximate surface area is 188 Å². The van der Waals surface area contributed by atoms with Gasteiger partial charge in [-0.1, -0.05) is 37.1 Å². The van der Waals surface area contributed by atoms with Gasteiger partial charge in [-0.2, -0.15) is 0 Å². The van der Waals surface area contributed by atoms with Crippen LogP contribution in [0.25, 0.3) is 11.1 Å². The zero-order valence-corrected chi connectivity index (χ0v) is 18.1. The fourth-order valence-electron chi connectivity index (χ4n) is 4.90. The van der Waals surface area contributed by atoms with Crippen molar-refractivity contribution in [2.24, 2.45) is 0 Å². The Bertz CT molecular complexity index is 1320. The lowest BCUT2D eigenvalue weighted by Gasteiger charge is -2.44. The third-order valence-electron chi connectivity index (χ3n) is 6.51. The van der Waals surface area contributed by atoms with E-state index >= 15 is 0 Å². The van der Waals surface area contributed by atoms with Gasteiger partial charge in [0.2, 0.25) is 0 Å². The molecule has 1 aliphatic carbocycles. The molecular formula is C24H23N3O6. The monoisotopic (exact) mass is 449 g/mol. The molecule has 9 nitrogen and oxygen atoms in total. The van der Waals surface area contributed by atoms with E-state index in [-0.39, 0.29) is 5.91 Å². The van der Waals surface area contributed by atoms with Crippen molar-refractivity contribution in [1.82, 2.24) is 4.57 Å². The van der Waals surface area contributed by atoms with Crippen LogP contribution >= 0.6 is 0 Å². The number of ether oxygens (including phenoxy) is 1. The molecule has 1 N–H and O–H groups in total. The molecule has 1 saturated carbocycles. The molecule has 1 atom stereocenters. The van der Waals surface area contributed by atoms with Crippen molar-refractivity contribution < 1.29 is 23.5 Å². The maximum absolute atomic E-state index is 13.3. The van der Waals surface area contributed by atoms with Gasteiger partial charge >= 0.3 is 11.7 Å². The van der Waals surface area contributed by atoms with Gasteiger partial charge in [0.05, 0.1) is 16.9 Å². The number of carbonyl (C=O) groups excluding carboxylic acids is 3. The van der Waals surface area contributed by atoms with Crippen molar-refractivity contribution in [3.63, 3.8) is 0 Å². The van der Waals surface area contributed by atoms with Crippen LogP contribution in [0.2, 0.25) is 0 Å². The lowest BCUT2D eigenvalue weighted by atomic mass is 9.90. The van der Waals surface area contributed by atoms with Gasteiger partial charge in [0.25, 0.3) is 11.8 Å². The predicted octanol–water partition coefficient (Wildman–Crippen LogP) is 3.00. The highest BCUT2D eigenvalue weighted by molar-refractivity contribution is 6.15. The van der Waals surface area contributed by atoms with Gasteiger partial charge in [0, 0.05) is 0 Å². The molecule has 2 aromatic carbocycles. The number of rotatable bonds is 4. The maximum atomic E-state index is 13.3. The summed E-state index contributed by atoms with van der Waals surface area (Å²) in [4.78, 5) is 52.9. The van der Waals surface area contributed by atoms with Crippen molar-refractivity contribution in [3.05, 3.63) is 59.1 Å². The summed E-state index contributed by atoms with van der Waals surface area (Å²) in [5, 5.41) is 2.91. The third-order valence-corrected chi connectivity index (χ3v) is 6.51. The Morgan fingerprint density at radius 1 is 1.09 bits per heavy atom. The van der Waals surface area contributed by atoms with E-state index in [4.69, 9.17) is 9.15 Å². The van der Waals surface area contributed by atoms with Crippen LogP contribution in [-0.4, -0.2) is 34.5 Å². The number of benzene rings is 2. The second kappa shape index (κ2) is 7.91. The number of aromatic nitrogens is 1. The summed E-state index contributed by atoms with van der Waals surface area (Å²) in [6.45, 7) is 0.968. The fraction of sp³-hybridized carbons (Fsp3) is 0.333. The molecule has 1 unspecified atom stereocenters. The quantitative estimate of drug-likeness (QED) is 0.613. The summed E-state index contributed by atoms with van der Waals surface area (Å²) in [6, 6.07) is 12.8. The number of nitrogens with one attached hydrogen (secondary N) is 1. The highest BCUT2D eigenvalue weighted by Gasteiger charge is 2.52. The number of hydrogen-bond acceptors (Lipinski definition) is 6. The average Bonchev–Trinajstić information content (AvgIpc) is 3.42. The number of para-hydroxylation sites is 4. The third kappa shape index (κ3) is 3.31. The molecule has 5 rings (SSSR count). The molecule has 33 heavy (non-hydrogen) atoms. The van der Waals surface area contributed by atoms with Crippen molar-refractivity contribution in [2.75, 3.05) is 16.8 Å². The minimum Gasteiger partial charge on any atom is -0.454 e. The lowest BCUT2D eigenvalue weighted by molar-refractivity contribution is -0.151. The molecule has 0 saturated heterocycles. The van der Waals surface area contributed by atoms with Crippen molar-refractivity contribution >= 4 is 40.3 Å². The van der Waals surface area contributed by atoms with Crippen molar-refractivity contribution in [1.29, 1.82) is 0 Å². The second-order valence-electron chi connectivity index (χ2n) is 8.43. The molecule has 1 spiro atoms. The van der Waals surface area contributed by atoms with Crippen LogP contribution < -0.4 is 16.0 Å². The molecule has 2 amide bonds. The number of hydrogen-bond donors (Lipinski definition) is 1. The predicted molar refractivity (Wildman–Crippen MR) is 120 cm³/mol. The number of nitrogens with zero attached hydrogens (tertiary/aromatic N) is 2. The SMILES string of the molecule is CC(C(=O)OCC(=O)N1c2ccccc2NC(=O)C12CCCC2)n1c(=O)oc2ccccc21. The zero-order valence-electron chi connectivity index (χ0n) is 18.1. The van der Waals surface area contributed by atoms with Crippen LogP contribution in [0.15, 0.2) is 57.7 Å². The fourth-order valence-corrected chi connectivity index (χ4v) is 4.90. The lowest BCUT2D eigenvalue weighted by Crippen LogP contribution is -2.61. The largest absolute Gasteiger partial charge is 0.454 e. The molecule has 1 aromatic heterocycles. The van der Waals surface area contributed by atoms with E-state index in [9.17, 15) is 19.2 Å². The van der Waals surface area contributed by atoms with E-state index in [0.717, 1.165) is 12.8 Å². The zero-order chi connectivity index (χ0) is 23.2. The molecule has 0 radical (unpaired) electrons. The molecule has 2 aliphatic rings. The summed E-state index contributed by atoms with van der Waals surface area (Å²) in [7, 11) is 0. The van der Waals surface area contributed by atoms with Gasteiger partial charge in [-0.05, 0) is 44.0 Å². The highest BCUT2D eigenvalue weighted by atomic mass is 16.5. The molecule has 170 valence electrons. The second-order valence-corrected chi connectivity index (χ2v) is 8.43. The van der Waals surface area contributed by atoms with Crippen LogP contribution in [0.3, 0.4) is 0 Å². The van der Waals surface area contributed by atoms with Gasteiger partial charge in [-0.3, -0.25) is 19.1 Å². The van der Waals surface area contributed by atoms with E-state index in [1.54, 1.807) is 48.5 Å². The first-order valence-corrected chi connectivity index (χ1v) is 10.9. The first-order valence-electron chi connectivity index (χ1n) is 10.9.